The Morgan fingerprint density at radius 2 is 1.68 bits per heavy atom. The van der Waals surface area contributed by atoms with Crippen molar-refractivity contribution in [3.05, 3.63) is 23.3 Å². The smallest absolute Gasteiger partial charge is 0.248 e. The number of amides is 1. The molecule has 1 amide bonds. The fraction of sp³-hybridized carbons (Fsp3) is 0.750. The lowest BCUT2D eigenvalue weighted by atomic mass is 9.89. The quantitative estimate of drug-likeness (QED) is 0.391. The molecular formula is C28H48N4O5S. The summed E-state index contributed by atoms with van der Waals surface area (Å²) in [7, 11) is 1.28. The van der Waals surface area contributed by atoms with Crippen LogP contribution in [-0.4, -0.2) is 119 Å². The predicted octanol–water partition coefficient (Wildman–Crippen LogP) is 2.75. The summed E-state index contributed by atoms with van der Waals surface area (Å²) in [5.41, 5.74) is 1.28. The first-order chi connectivity index (χ1) is 18.1. The number of rotatable bonds is 11. The van der Waals surface area contributed by atoms with Crippen molar-refractivity contribution in [2.24, 2.45) is 0 Å². The number of likely N-dealkylation sites (N-methyl/N-ethyl adjacent to an activating group) is 3. The standard InChI is InChI=1S/C28H48N4O5S/c1-7-31-13-8-14-32(16-15-31)25-11-9-24(10-12-25)30(5)27(33)21-37-18-17-29(4)38(34,35)28-22(2)19-26(36-6)20-23(28)3/h19-20,24-25H,7-18,21H2,1-6H3. The number of aryl methyl sites for hydroxylation is 2. The first-order valence-corrected chi connectivity index (χ1v) is 15.4. The Balaban J connectivity index is 1.41. The highest BCUT2D eigenvalue weighted by Crippen LogP contribution is 2.28. The first kappa shape index (κ1) is 30.8. The van der Waals surface area contributed by atoms with Crippen molar-refractivity contribution < 1.29 is 22.7 Å². The fourth-order valence-corrected chi connectivity index (χ4v) is 7.41. The number of nitrogens with zero attached hydrogens (tertiary/aromatic N) is 4. The minimum Gasteiger partial charge on any atom is -0.497 e. The van der Waals surface area contributed by atoms with Gasteiger partial charge in [-0.15, -0.1) is 0 Å². The van der Waals surface area contributed by atoms with Gasteiger partial charge in [0.1, 0.15) is 12.4 Å². The molecule has 3 rings (SSSR count). The summed E-state index contributed by atoms with van der Waals surface area (Å²) in [6, 6.07) is 4.31. The van der Waals surface area contributed by atoms with Crippen LogP contribution in [0.1, 0.15) is 50.2 Å². The number of carbonyl (C=O) groups is 1. The molecule has 9 nitrogen and oxygen atoms in total. The number of ether oxygens (including phenoxy) is 2. The Morgan fingerprint density at radius 3 is 2.29 bits per heavy atom. The van der Waals surface area contributed by atoms with Crippen LogP contribution in [-0.2, 0) is 19.6 Å². The molecule has 2 fully saturated rings. The Kier molecular flexibility index (Phi) is 11.4. The molecule has 0 N–H and O–H groups in total. The Bertz CT molecular complexity index is 1000. The van der Waals surface area contributed by atoms with E-state index in [0.717, 1.165) is 45.3 Å². The molecule has 38 heavy (non-hydrogen) atoms. The van der Waals surface area contributed by atoms with Crippen LogP contribution in [0.5, 0.6) is 5.75 Å². The number of hydrogen-bond acceptors (Lipinski definition) is 7. The lowest BCUT2D eigenvalue weighted by Gasteiger charge is -2.39. The van der Waals surface area contributed by atoms with Gasteiger partial charge in [-0.2, -0.15) is 4.31 Å². The number of methoxy groups -OCH3 is 1. The van der Waals surface area contributed by atoms with E-state index >= 15 is 0 Å². The van der Waals surface area contributed by atoms with E-state index in [2.05, 4.69) is 16.7 Å². The fourth-order valence-electron chi connectivity index (χ4n) is 5.85. The normalized spacial score (nSPS) is 21.9. The Hall–Kier alpha value is -1.72. The lowest BCUT2D eigenvalue weighted by Crippen LogP contribution is -2.46. The van der Waals surface area contributed by atoms with Gasteiger partial charge in [-0.05, 0) is 88.8 Å². The van der Waals surface area contributed by atoms with E-state index in [1.165, 1.54) is 30.9 Å². The number of hydrogen-bond donors (Lipinski definition) is 0. The van der Waals surface area contributed by atoms with Crippen LogP contribution in [0.3, 0.4) is 0 Å². The van der Waals surface area contributed by atoms with E-state index in [1.807, 2.05) is 11.9 Å². The second-order valence-electron chi connectivity index (χ2n) is 10.8. The molecule has 216 valence electrons. The second kappa shape index (κ2) is 14.1. The largest absolute Gasteiger partial charge is 0.497 e. The summed E-state index contributed by atoms with van der Waals surface area (Å²) in [6.45, 7) is 11.9. The molecule has 0 atom stereocenters. The molecule has 1 aromatic carbocycles. The minimum absolute atomic E-state index is 0.0378. The SMILES string of the molecule is CCN1CCCN(C2CCC(N(C)C(=O)COCCN(C)S(=O)(=O)c3c(C)cc(OC)cc3C)CC2)CC1. The third-order valence-corrected chi connectivity index (χ3v) is 10.5. The van der Waals surface area contributed by atoms with Gasteiger partial charge in [-0.3, -0.25) is 9.69 Å². The van der Waals surface area contributed by atoms with Gasteiger partial charge in [0.05, 0.1) is 18.6 Å². The van der Waals surface area contributed by atoms with Gasteiger partial charge in [0.15, 0.2) is 0 Å². The Morgan fingerprint density at radius 1 is 1.03 bits per heavy atom. The highest BCUT2D eigenvalue weighted by atomic mass is 32.2. The van der Waals surface area contributed by atoms with Crippen molar-refractivity contribution in [1.82, 2.24) is 19.0 Å². The van der Waals surface area contributed by atoms with Gasteiger partial charge in [-0.25, -0.2) is 8.42 Å². The molecule has 1 aromatic rings. The average Bonchev–Trinajstić information content (AvgIpc) is 3.15. The second-order valence-corrected chi connectivity index (χ2v) is 12.7. The molecule has 0 bridgehead atoms. The molecule has 1 saturated carbocycles. The van der Waals surface area contributed by atoms with Crippen molar-refractivity contribution in [3.8, 4) is 5.75 Å². The summed E-state index contributed by atoms with van der Waals surface area (Å²) >= 11 is 0. The maximum atomic E-state index is 13.2. The molecular weight excluding hydrogens is 504 g/mol. The van der Waals surface area contributed by atoms with E-state index in [4.69, 9.17) is 9.47 Å². The maximum Gasteiger partial charge on any atom is 0.248 e. The van der Waals surface area contributed by atoms with Crippen molar-refractivity contribution in [2.45, 2.75) is 69.9 Å². The molecule has 0 unspecified atom stereocenters. The predicted molar refractivity (Wildman–Crippen MR) is 150 cm³/mol. The first-order valence-electron chi connectivity index (χ1n) is 14.0. The molecule has 1 heterocycles. The van der Waals surface area contributed by atoms with E-state index in [0.29, 0.717) is 22.9 Å². The van der Waals surface area contributed by atoms with Gasteiger partial charge < -0.3 is 19.3 Å². The summed E-state index contributed by atoms with van der Waals surface area (Å²) in [6.07, 6.45) is 5.52. The zero-order valence-corrected chi connectivity index (χ0v) is 25.1. The maximum absolute atomic E-state index is 13.2. The van der Waals surface area contributed by atoms with Crippen LogP contribution < -0.4 is 4.74 Å². The van der Waals surface area contributed by atoms with E-state index in [9.17, 15) is 13.2 Å². The van der Waals surface area contributed by atoms with E-state index in [-0.39, 0.29) is 36.6 Å². The molecule has 0 radical (unpaired) electrons. The molecule has 10 heteroatoms. The summed E-state index contributed by atoms with van der Waals surface area (Å²) in [5.74, 6) is 0.584. The molecule has 1 aliphatic heterocycles. The van der Waals surface area contributed by atoms with Crippen molar-refractivity contribution >= 4 is 15.9 Å². The summed E-state index contributed by atoms with van der Waals surface area (Å²) < 4.78 is 38.5. The molecule has 1 aliphatic carbocycles. The van der Waals surface area contributed by atoms with Gasteiger partial charge in [0, 0.05) is 45.8 Å². The van der Waals surface area contributed by atoms with Crippen LogP contribution in [0.2, 0.25) is 0 Å². The van der Waals surface area contributed by atoms with E-state index in [1.54, 1.807) is 33.1 Å². The van der Waals surface area contributed by atoms with Gasteiger partial charge in [0.2, 0.25) is 15.9 Å². The van der Waals surface area contributed by atoms with Crippen LogP contribution in [0.25, 0.3) is 0 Å². The third kappa shape index (κ3) is 7.69. The molecule has 0 spiro atoms. The lowest BCUT2D eigenvalue weighted by molar-refractivity contribution is -0.137. The van der Waals surface area contributed by atoms with E-state index < -0.39 is 10.0 Å². The minimum atomic E-state index is -3.69. The zero-order chi connectivity index (χ0) is 27.9. The average molecular weight is 553 g/mol. The highest BCUT2D eigenvalue weighted by Gasteiger charge is 2.30. The highest BCUT2D eigenvalue weighted by molar-refractivity contribution is 7.89. The molecule has 1 saturated heterocycles. The molecule has 2 aliphatic rings. The topological polar surface area (TPSA) is 82.6 Å². The number of carbonyl (C=O) groups excluding carboxylic acids is 1. The van der Waals surface area contributed by atoms with Gasteiger partial charge >= 0.3 is 0 Å². The number of sulfonamides is 1. The van der Waals surface area contributed by atoms with Crippen molar-refractivity contribution in [3.63, 3.8) is 0 Å². The van der Waals surface area contributed by atoms with Gasteiger partial charge in [0.25, 0.3) is 0 Å². The van der Waals surface area contributed by atoms with Crippen LogP contribution in [0.15, 0.2) is 17.0 Å². The Labute approximate surface area is 230 Å². The summed E-state index contributed by atoms with van der Waals surface area (Å²) in [5, 5.41) is 0. The third-order valence-electron chi connectivity index (χ3n) is 8.31. The van der Waals surface area contributed by atoms with Crippen molar-refractivity contribution in [1.29, 1.82) is 0 Å². The monoisotopic (exact) mass is 552 g/mol. The van der Waals surface area contributed by atoms with Crippen molar-refractivity contribution in [2.75, 3.05) is 73.7 Å². The number of benzene rings is 1. The summed E-state index contributed by atoms with van der Waals surface area (Å²) in [4.78, 5) is 20.1. The van der Waals surface area contributed by atoms with Gasteiger partial charge in [-0.1, -0.05) is 6.92 Å². The molecule has 0 aromatic heterocycles. The van der Waals surface area contributed by atoms with Crippen LogP contribution in [0.4, 0.5) is 0 Å². The van der Waals surface area contributed by atoms with Crippen LogP contribution in [0, 0.1) is 13.8 Å². The zero-order valence-electron chi connectivity index (χ0n) is 24.2. The van der Waals surface area contributed by atoms with Crippen LogP contribution >= 0.6 is 0 Å².